The van der Waals surface area contributed by atoms with Crippen molar-refractivity contribution >= 4 is 25.6 Å². The number of carbonyl (C=O) groups excluding carboxylic acids is 1. The molecule has 0 saturated carbocycles. The lowest BCUT2D eigenvalue weighted by Gasteiger charge is -2.24. The summed E-state index contributed by atoms with van der Waals surface area (Å²) in [6.07, 6.45) is 0.675. The van der Waals surface area contributed by atoms with Gasteiger partial charge < -0.3 is 5.32 Å². The summed E-state index contributed by atoms with van der Waals surface area (Å²) in [5.41, 5.74) is -0.689. The maximum Gasteiger partial charge on any atom is 0.261 e. The molecule has 0 aliphatic rings. The van der Waals surface area contributed by atoms with Crippen molar-refractivity contribution in [3.8, 4) is 0 Å². The molecule has 1 aromatic carbocycles. The summed E-state index contributed by atoms with van der Waals surface area (Å²) in [4.78, 5) is 11.5. The van der Waals surface area contributed by atoms with Crippen molar-refractivity contribution in [3.05, 3.63) is 29.6 Å². The molecule has 0 radical (unpaired) electrons. The lowest BCUT2D eigenvalue weighted by atomic mass is 10.0. The summed E-state index contributed by atoms with van der Waals surface area (Å²) in [5.74, 6) is -1.52. The molecule has 0 unspecified atom stereocenters. The fourth-order valence-corrected chi connectivity index (χ4v) is 2.06. The first kappa shape index (κ1) is 15.9. The van der Waals surface area contributed by atoms with Crippen molar-refractivity contribution in [2.75, 3.05) is 0 Å². The van der Waals surface area contributed by atoms with Gasteiger partial charge in [-0.15, -0.1) is 0 Å². The van der Waals surface area contributed by atoms with Crippen molar-refractivity contribution in [2.24, 2.45) is 0 Å². The first-order valence-corrected chi connectivity index (χ1v) is 7.94. The summed E-state index contributed by atoms with van der Waals surface area (Å²) >= 11 is 0. The van der Waals surface area contributed by atoms with Crippen LogP contribution >= 0.6 is 10.7 Å². The van der Waals surface area contributed by atoms with Gasteiger partial charge in [-0.3, -0.25) is 4.79 Å². The van der Waals surface area contributed by atoms with Gasteiger partial charge in [0.2, 0.25) is 0 Å². The smallest absolute Gasteiger partial charge is 0.261 e. The average Bonchev–Trinajstić information content (AvgIpc) is 2.26. The summed E-state index contributed by atoms with van der Waals surface area (Å²) < 4.78 is 35.8. The Kier molecular flexibility index (Phi) is 4.58. The topological polar surface area (TPSA) is 63.2 Å². The van der Waals surface area contributed by atoms with E-state index in [-0.39, 0.29) is 10.5 Å². The molecule has 1 amide bonds. The Morgan fingerprint density at radius 2 is 2.00 bits per heavy atom. The predicted molar refractivity (Wildman–Crippen MR) is 71.3 cm³/mol. The van der Waals surface area contributed by atoms with E-state index in [1.54, 1.807) is 13.8 Å². The highest BCUT2D eigenvalue weighted by Gasteiger charge is 2.22. The fourth-order valence-electron chi connectivity index (χ4n) is 1.29. The van der Waals surface area contributed by atoms with Gasteiger partial charge in [-0.2, -0.15) is 0 Å². The molecule has 0 bridgehead atoms. The molecule has 0 atom stereocenters. The molecular formula is C12H15ClFNO3S. The van der Waals surface area contributed by atoms with Crippen molar-refractivity contribution in [1.29, 1.82) is 0 Å². The second-order valence-corrected chi connectivity index (χ2v) is 7.34. The van der Waals surface area contributed by atoms with Gasteiger partial charge in [0.05, 0.1) is 10.5 Å². The number of rotatable bonds is 4. The van der Waals surface area contributed by atoms with Gasteiger partial charge >= 0.3 is 0 Å². The van der Waals surface area contributed by atoms with E-state index in [0.29, 0.717) is 6.42 Å². The van der Waals surface area contributed by atoms with Crippen LogP contribution in [0.4, 0.5) is 4.39 Å². The molecule has 4 nitrogen and oxygen atoms in total. The molecule has 0 saturated heterocycles. The van der Waals surface area contributed by atoms with Crippen LogP contribution in [-0.2, 0) is 9.05 Å². The van der Waals surface area contributed by atoms with E-state index in [0.717, 1.165) is 18.2 Å². The van der Waals surface area contributed by atoms with E-state index >= 15 is 0 Å². The quantitative estimate of drug-likeness (QED) is 0.870. The number of hydrogen-bond donors (Lipinski definition) is 1. The molecule has 0 fully saturated rings. The molecule has 1 N–H and O–H groups in total. The Bertz CT molecular complexity index is 599. The molecule has 0 aromatic heterocycles. The van der Waals surface area contributed by atoms with Crippen LogP contribution in [0.15, 0.2) is 23.1 Å². The number of nitrogens with one attached hydrogen (secondary N) is 1. The lowest BCUT2D eigenvalue weighted by molar-refractivity contribution is 0.0907. The molecule has 1 rings (SSSR count). The lowest BCUT2D eigenvalue weighted by Crippen LogP contribution is -2.43. The van der Waals surface area contributed by atoms with Crippen LogP contribution in [0.25, 0.3) is 0 Å². The predicted octanol–water partition coefficient (Wildman–Crippen LogP) is 2.67. The van der Waals surface area contributed by atoms with E-state index in [2.05, 4.69) is 5.32 Å². The third-order valence-corrected chi connectivity index (χ3v) is 4.15. The zero-order valence-electron chi connectivity index (χ0n) is 10.8. The SMILES string of the molecule is CCC(C)(C)NC(=O)c1ccc(S(=O)(=O)Cl)cc1F. The van der Waals surface area contributed by atoms with Crippen molar-refractivity contribution in [1.82, 2.24) is 5.32 Å². The van der Waals surface area contributed by atoms with Gasteiger partial charge in [0.25, 0.3) is 15.0 Å². The Labute approximate surface area is 116 Å². The molecule has 0 aliphatic heterocycles. The molecule has 19 heavy (non-hydrogen) atoms. The third-order valence-electron chi connectivity index (χ3n) is 2.80. The molecule has 106 valence electrons. The van der Waals surface area contributed by atoms with Crippen LogP contribution in [0.1, 0.15) is 37.6 Å². The highest BCUT2D eigenvalue weighted by Crippen LogP contribution is 2.19. The largest absolute Gasteiger partial charge is 0.347 e. The van der Waals surface area contributed by atoms with Gasteiger partial charge in [0.1, 0.15) is 5.82 Å². The second-order valence-electron chi connectivity index (χ2n) is 4.77. The first-order valence-electron chi connectivity index (χ1n) is 5.63. The van der Waals surface area contributed by atoms with Crippen LogP contribution in [0.2, 0.25) is 0 Å². The van der Waals surface area contributed by atoms with Gasteiger partial charge in [-0.05, 0) is 38.5 Å². The highest BCUT2D eigenvalue weighted by molar-refractivity contribution is 8.13. The summed E-state index contributed by atoms with van der Waals surface area (Å²) in [6, 6.07) is 2.93. The number of hydrogen-bond acceptors (Lipinski definition) is 3. The Hall–Kier alpha value is -1.14. The van der Waals surface area contributed by atoms with Crippen molar-refractivity contribution < 1.29 is 17.6 Å². The van der Waals surface area contributed by atoms with E-state index in [9.17, 15) is 17.6 Å². The molecule has 0 spiro atoms. The second kappa shape index (κ2) is 5.46. The molecule has 0 heterocycles. The number of amides is 1. The monoisotopic (exact) mass is 307 g/mol. The van der Waals surface area contributed by atoms with E-state index in [1.165, 1.54) is 0 Å². The Balaban J connectivity index is 3.07. The van der Waals surface area contributed by atoms with Crippen molar-refractivity contribution in [2.45, 2.75) is 37.6 Å². The zero-order valence-corrected chi connectivity index (χ0v) is 12.4. The van der Waals surface area contributed by atoms with E-state index < -0.39 is 26.3 Å². The van der Waals surface area contributed by atoms with Crippen LogP contribution in [0, 0.1) is 5.82 Å². The summed E-state index contributed by atoms with van der Waals surface area (Å²) in [6.45, 7) is 5.50. The van der Waals surface area contributed by atoms with E-state index in [4.69, 9.17) is 10.7 Å². The zero-order chi connectivity index (χ0) is 14.8. The standard InChI is InChI=1S/C12H15ClFNO3S/c1-4-12(2,3)15-11(16)9-6-5-8(7-10(9)14)19(13,17)18/h5-7H,4H2,1-3H3,(H,15,16). The Morgan fingerprint density at radius 1 is 1.42 bits per heavy atom. The van der Waals surface area contributed by atoms with Gasteiger partial charge in [0.15, 0.2) is 0 Å². The first-order chi connectivity index (χ1) is 8.57. The third kappa shape index (κ3) is 4.18. The number of benzene rings is 1. The van der Waals surface area contributed by atoms with Crippen LogP contribution in [-0.4, -0.2) is 19.9 Å². The van der Waals surface area contributed by atoms with Gasteiger partial charge in [-0.25, -0.2) is 12.8 Å². The van der Waals surface area contributed by atoms with Crippen LogP contribution in [0.3, 0.4) is 0 Å². The minimum absolute atomic E-state index is 0.217. The minimum Gasteiger partial charge on any atom is -0.347 e. The number of halogens is 2. The molecular weight excluding hydrogens is 293 g/mol. The van der Waals surface area contributed by atoms with Gasteiger partial charge in [0, 0.05) is 16.2 Å². The molecule has 7 heteroatoms. The minimum atomic E-state index is -4.01. The number of carbonyl (C=O) groups is 1. The van der Waals surface area contributed by atoms with Crippen LogP contribution < -0.4 is 5.32 Å². The summed E-state index contributed by atoms with van der Waals surface area (Å²) in [7, 11) is 1.09. The molecule has 0 aliphatic carbocycles. The normalized spacial score (nSPS) is 12.3. The summed E-state index contributed by atoms with van der Waals surface area (Å²) in [5, 5.41) is 2.66. The Morgan fingerprint density at radius 3 is 2.42 bits per heavy atom. The van der Waals surface area contributed by atoms with Gasteiger partial charge in [-0.1, -0.05) is 6.92 Å². The highest BCUT2D eigenvalue weighted by atomic mass is 35.7. The fraction of sp³-hybridized carbons (Fsp3) is 0.417. The van der Waals surface area contributed by atoms with Crippen molar-refractivity contribution in [3.63, 3.8) is 0 Å². The maximum atomic E-state index is 13.7. The van der Waals surface area contributed by atoms with Crippen LogP contribution in [0.5, 0.6) is 0 Å². The molecule has 1 aromatic rings. The maximum absolute atomic E-state index is 13.7. The van der Waals surface area contributed by atoms with E-state index in [1.807, 2.05) is 6.92 Å². The average molecular weight is 308 g/mol.